The number of ketones is 1. The number of aromatic hydroxyl groups is 1. The highest BCUT2D eigenvalue weighted by Crippen LogP contribution is 2.41. The number of fused-ring (bicyclic) bond motifs is 1. The van der Waals surface area contributed by atoms with E-state index >= 15 is 0 Å². The lowest BCUT2D eigenvalue weighted by atomic mass is 9.80. The third-order valence-electron chi connectivity index (χ3n) is 6.48. The molecule has 2 N–H and O–H groups in total. The summed E-state index contributed by atoms with van der Waals surface area (Å²) < 4.78 is 6.56. The monoisotopic (exact) mass is 544 g/mol. The van der Waals surface area contributed by atoms with Gasteiger partial charge in [-0.15, -0.1) is 0 Å². The van der Waals surface area contributed by atoms with Gasteiger partial charge in [0.25, 0.3) is 5.91 Å². The Morgan fingerprint density at radius 2 is 1.85 bits per heavy atom. The first kappa shape index (κ1) is 24.6. The highest BCUT2D eigenvalue weighted by Gasteiger charge is 2.54. The molecule has 2 aromatic rings. The van der Waals surface area contributed by atoms with Crippen LogP contribution >= 0.6 is 15.9 Å². The summed E-state index contributed by atoms with van der Waals surface area (Å²) in [6, 6.07) is 12.4. The van der Waals surface area contributed by atoms with Gasteiger partial charge in [0.2, 0.25) is 0 Å². The standard InChI is InChI=1S/C25H29BrN2O5Si/c1-34(2,3)11-10-33-15-28-23(31)25(27-24(28)32,18-5-7-19(26)8-6-18)14-17-12-16-4-9-20(29)13-21(16)22(17)30/h4-9,13,17,29H,10-12,14-15H2,1-3H3,(H,27,32)/t17?,25-/m0/s1. The van der Waals surface area contributed by atoms with E-state index in [0.717, 1.165) is 21.0 Å². The number of phenolic OH excluding ortho intramolecular Hbond substituents is 1. The SMILES string of the molecule is C[Si](C)(C)CCOCN1C(=O)N[C@@](CC2Cc3ccc(O)cc3C2=O)(c2ccc(Br)cc2)C1=O. The molecule has 3 amide bonds. The fourth-order valence-corrected chi connectivity index (χ4v) is 5.57. The van der Waals surface area contributed by atoms with E-state index in [1.807, 2.05) is 12.1 Å². The van der Waals surface area contributed by atoms with Crippen molar-refractivity contribution in [3.63, 3.8) is 0 Å². The van der Waals surface area contributed by atoms with Crippen LogP contribution in [0.5, 0.6) is 5.75 Å². The van der Waals surface area contributed by atoms with Crippen molar-refractivity contribution in [3.05, 3.63) is 63.6 Å². The first-order valence-electron chi connectivity index (χ1n) is 11.3. The number of amides is 3. The second kappa shape index (κ2) is 9.28. The van der Waals surface area contributed by atoms with Crippen LogP contribution in [-0.4, -0.2) is 49.1 Å². The molecular formula is C25H29BrN2O5Si. The van der Waals surface area contributed by atoms with Gasteiger partial charge < -0.3 is 15.2 Å². The van der Waals surface area contributed by atoms with E-state index in [9.17, 15) is 19.5 Å². The number of halogens is 1. The molecule has 1 aliphatic heterocycles. The van der Waals surface area contributed by atoms with Crippen LogP contribution in [0.3, 0.4) is 0 Å². The van der Waals surface area contributed by atoms with Gasteiger partial charge in [0.05, 0.1) is 0 Å². The Balaban J connectivity index is 1.60. The zero-order valence-corrected chi connectivity index (χ0v) is 22.1. The summed E-state index contributed by atoms with van der Waals surface area (Å²) in [5.41, 5.74) is 0.552. The largest absolute Gasteiger partial charge is 0.508 e. The minimum Gasteiger partial charge on any atom is -0.508 e. The number of imide groups is 1. The number of benzene rings is 2. The predicted molar refractivity (Wildman–Crippen MR) is 134 cm³/mol. The second-order valence-electron chi connectivity index (χ2n) is 10.2. The number of carbonyl (C=O) groups is 3. The van der Waals surface area contributed by atoms with Crippen LogP contribution in [-0.2, 0) is 21.5 Å². The maximum atomic E-state index is 13.7. The quantitative estimate of drug-likeness (QED) is 0.286. The number of rotatable bonds is 8. The number of hydrogen-bond donors (Lipinski definition) is 2. The third kappa shape index (κ3) is 4.82. The van der Waals surface area contributed by atoms with Gasteiger partial charge in [0, 0.05) is 30.6 Å². The van der Waals surface area contributed by atoms with Crippen LogP contribution < -0.4 is 5.32 Å². The Bertz CT molecular complexity index is 1130. The molecule has 0 spiro atoms. The Hall–Kier alpha value is -2.49. The summed E-state index contributed by atoms with van der Waals surface area (Å²) >= 11 is 3.42. The van der Waals surface area contributed by atoms with E-state index in [4.69, 9.17) is 4.74 Å². The molecule has 0 saturated carbocycles. The van der Waals surface area contributed by atoms with Crippen molar-refractivity contribution in [1.29, 1.82) is 0 Å². The van der Waals surface area contributed by atoms with Crippen molar-refractivity contribution >= 4 is 41.7 Å². The van der Waals surface area contributed by atoms with Crippen LogP contribution in [0.1, 0.15) is 27.9 Å². The molecule has 1 saturated heterocycles. The lowest BCUT2D eigenvalue weighted by Gasteiger charge is -2.29. The highest BCUT2D eigenvalue weighted by molar-refractivity contribution is 9.10. The zero-order chi connectivity index (χ0) is 24.7. The molecule has 2 atom stereocenters. The van der Waals surface area contributed by atoms with Crippen molar-refractivity contribution in [1.82, 2.24) is 10.2 Å². The fraction of sp³-hybridized carbons (Fsp3) is 0.400. The maximum Gasteiger partial charge on any atom is 0.327 e. The number of hydrogen-bond acceptors (Lipinski definition) is 5. The Morgan fingerprint density at radius 3 is 2.53 bits per heavy atom. The van der Waals surface area contributed by atoms with Gasteiger partial charge in [-0.2, -0.15) is 0 Å². The minimum absolute atomic E-state index is 0.0299. The summed E-state index contributed by atoms with van der Waals surface area (Å²) in [5.74, 6) is -1.02. The number of nitrogens with zero attached hydrogens (tertiary/aromatic N) is 1. The van der Waals surface area contributed by atoms with E-state index in [-0.39, 0.29) is 24.7 Å². The van der Waals surface area contributed by atoms with Crippen LogP contribution in [0.25, 0.3) is 0 Å². The molecule has 2 aromatic carbocycles. The average Bonchev–Trinajstić information content (AvgIpc) is 3.19. The molecule has 0 bridgehead atoms. The van der Waals surface area contributed by atoms with Crippen LogP contribution in [0.2, 0.25) is 25.7 Å². The highest BCUT2D eigenvalue weighted by atomic mass is 79.9. The summed E-state index contributed by atoms with van der Waals surface area (Å²) in [6.45, 7) is 7.06. The predicted octanol–water partition coefficient (Wildman–Crippen LogP) is 4.66. The fourth-order valence-electron chi connectivity index (χ4n) is 4.55. The summed E-state index contributed by atoms with van der Waals surface area (Å²) in [5, 5.41) is 12.7. The Morgan fingerprint density at radius 1 is 1.15 bits per heavy atom. The van der Waals surface area contributed by atoms with Crippen molar-refractivity contribution < 1.29 is 24.2 Å². The molecule has 1 fully saturated rings. The van der Waals surface area contributed by atoms with Crippen molar-refractivity contribution in [2.75, 3.05) is 13.3 Å². The molecule has 0 aromatic heterocycles. The lowest BCUT2D eigenvalue weighted by Crippen LogP contribution is -2.46. The molecule has 2 aliphatic rings. The smallest absolute Gasteiger partial charge is 0.327 e. The van der Waals surface area contributed by atoms with Gasteiger partial charge in [-0.05, 0) is 54.3 Å². The molecule has 1 aliphatic carbocycles. The van der Waals surface area contributed by atoms with Gasteiger partial charge in [0.15, 0.2) is 5.78 Å². The first-order valence-corrected chi connectivity index (χ1v) is 15.8. The lowest BCUT2D eigenvalue weighted by molar-refractivity contribution is -0.135. The van der Waals surface area contributed by atoms with E-state index in [1.165, 1.54) is 6.07 Å². The topological polar surface area (TPSA) is 95.9 Å². The summed E-state index contributed by atoms with van der Waals surface area (Å²) in [6.07, 6.45) is 0.571. The van der Waals surface area contributed by atoms with Crippen molar-refractivity contribution in [2.45, 2.75) is 44.1 Å². The van der Waals surface area contributed by atoms with Gasteiger partial charge >= 0.3 is 6.03 Å². The number of urea groups is 1. The van der Waals surface area contributed by atoms with Gasteiger partial charge in [-0.1, -0.05) is 53.8 Å². The first-order chi connectivity index (χ1) is 16.0. The number of nitrogens with one attached hydrogen (secondary N) is 1. The van der Waals surface area contributed by atoms with Crippen LogP contribution in [0, 0.1) is 5.92 Å². The second-order valence-corrected chi connectivity index (χ2v) is 16.8. The van der Waals surface area contributed by atoms with Gasteiger partial charge in [-0.25, -0.2) is 9.69 Å². The number of phenols is 1. The van der Waals surface area contributed by atoms with Gasteiger partial charge in [-0.3, -0.25) is 9.59 Å². The summed E-state index contributed by atoms with van der Waals surface area (Å²) in [7, 11) is -1.31. The third-order valence-corrected chi connectivity index (χ3v) is 8.71. The van der Waals surface area contributed by atoms with E-state index in [1.54, 1.807) is 24.3 Å². The molecule has 4 rings (SSSR count). The number of ether oxygens (including phenoxy) is 1. The number of Topliss-reactive ketones (excluding diaryl/α,β-unsaturated/α-hetero) is 1. The van der Waals surface area contributed by atoms with Crippen molar-refractivity contribution in [3.8, 4) is 5.75 Å². The molecule has 34 heavy (non-hydrogen) atoms. The van der Waals surface area contributed by atoms with E-state index in [0.29, 0.717) is 24.2 Å². The molecule has 1 heterocycles. The van der Waals surface area contributed by atoms with Gasteiger partial charge in [0.1, 0.15) is 18.0 Å². The minimum atomic E-state index is -1.37. The molecule has 0 radical (unpaired) electrons. The molecule has 1 unspecified atom stereocenters. The number of carbonyl (C=O) groups excluding carboxylic acids is 3. The molecular weight excluding hydrogens is 516 g/mol. The Kier molecular flexibility index (Phi) is 6.72. The van der Waals surface area contributed by atoms with Crippen LogP contribution in [0.4, 0.5) is 4.79 Å². The molecule has 9 heteroatoms. The van der Waals surface area contributed by atoms with Crippen LogP contribution in [0.15, 0.2) is 46.9 Å². The van der Waals surface area contributed by atoms with E-state index < -0.39 is 31.5 Å². The van der Waals surface area contributed by atoms with Crippen molar-refractivity contribution in [2.24, 2.45) is 5.92 Å². The summed E-state index contributed by atoms with van der Waals surface area (Å²) in [4.78, 5) is 41.0. The average molecular weight is 546 g/mol. The molecule has 7 nitrogen and oxygen atoms in total. The zero-order valence-electron chi connectivity index (χ0n) is 19.6. The maximum absolute atomic E-state index is 13.7. The Labute approximate surface area is 208 Å². The van der Waals surface area contributed by atoms with E-state index in [2.05, 4.69) is 40.9 Å². The normalized spacial score (nSPS) is 22.3. The molecule has 180 valence electrons.